The molecule has 0 amide bonds. The van der Waals surface area contributed by atoms with Crippen LogP contribution < -0.4 is 4.90 Å². The van der Waals surface area contributed by atoms with Gasteiger partial charge in [-0.1, -0.05) is 159 Å². The number of rotatable bonds is 6. The largest absolute Gasteiger partial charge is 0.310 e. The molecule has 0 spiro atoms. The first-order chi connectivity index (χ1) is 28.1. The molecular formula is C52H39N. The van der Waals surface area contributed by atoms with E-state index in [1.165, 1.54) is 55.6 Å². The zero-order chi connectivity index (χ0) is 39.9. The van der Waals surface area contributed by atoms with Crippen molar-refractivity contribution in [2.24, 2.45) is 0 Å². The van der Waals surface area contributed by atoms with Gasteiger partial charge in [0.05, 0.1) is 6.85 Å². The van der Waals surface area contributed by atoms with Crippen LogP contribution in [0.15, 0.2) is 188 Å². The molecule has 10 rings (SSSR count). The minimum atomic E-state index is -0.395. The van der Waals surface area contributed by atoms with Crippen molar-refractivity contribution in [1.29, 1.82) is 0 Å². The minimum absolute atomic E-state index is 0.192. The monoisotopic (exact) mass is 682 g/mol. The Morgan fingerprint density at radius 3 is 1.72 bits per heavy atom. The van der Waals surface area contributed by atoms with Gasteiger partial charge in [-0.15, -0.1) is 0 Å². The Morgan fingerprint density at radius 1 is 0.434 bits per heavy atom. The molecular weight excluding hydrogens is 639 g/mol. The van der Waals surface area contributed by atoms with Crippen LogP contribution in [0.25, 0.3) is 55.6 Å². The second-order valence-corrected chi connectivity index (χ2v) is 14.6. The van der Waals surface area contributed by atoms with E-state index in [4.69, 9.17) is 6.85 Å². The summed E-state index contributed by atoms with van der Waals surface area (Å²) >= 11 is 0. The molecule has 2 aliphatic carbocycles. The van der Waals surface area contributed by atoms with Crippen LogP contribution >= 0.6 is 0 Å². The van der Waals surface area contributed by atoms with E-state index < -0.39 is 6.04 Å². The Bertz CT molecular complexity index is 2900. The van der Waals surface area contributed by atoms with Gasteiger partial charge in [-0.05, 0) is 127 Å². The lowest BCUT2D eigenvalue weighted by atomic mass is 9.81. The second-order valence-electron chi connectivity index (χ2n) is 14.6. The molecule has 0 N–H and O–H groups in total. The summed E-state index contributed by atoms with van der Waals surface area (Å²) in [6, 6.07) is 54.3. The van der Waals surface area contributed by atoms with Gasteiger partial charge in [0, 0.05) is 22.5 Å². The van der Waals surface area contributed by atoms with Crippen LogP contribution in [0.4, 0.5) is 17.1 Å². The minimum Gasteiger partial charge on any atom is -0.310 e. The first-order valence-electron chi connectivity index (χ1n) is 20.7. The molecule has 8 aromatic carbocycles. The van der Waals surface area contributed by atoms with E-state index in [2.05, 4.69) is 134 Å². The lowest BCUT2D eigenvalue weighted by molar-refractivity contribution is 0.660. The van der Waals surface area contributed by atoms with E-state index in [-0.39, 0.29) is 35.1 Å². The van der Waals surface area contributed by atoms with E-state index >= 15 is 0 Å². The molecule has 0 aromatic heterocycles. The van der Waals surface area contributed by atoms with Gasteiger partial charge in [-0.3, -0.25) is 0 Å². The molecule has 0 unspecified atom stereocenters. The first-order valence-corrected chi connectivity index (χ1v) is 18.2. The third-order valence-corrected chi connectivity index (χ3v) is 11.2. The Labute approximate surface area is 319 Å². The van der Waals surface area contributed by atoms with E-state index in [0.29, 0.717) is 5.56 Å². The number of benzene rings is 8. The molecule has 0 aliphatic heterocycles. The van der Waals surface area contributed by atoms with Gasteiger partial charge in [-0.2, -0.15) is 0 Å². The van der Waals surface area contributed by atoms with Crippen molar-refractivity contribution in [3.05, 3.63) is 210 Å². The van der Waals surface area contributed by atoms with Crippen molar-refractivity contribution in [2.45, 2.75) is 25.7 Å². The fraction of sp³-hybridized carbons (Fsp3) is 0.0769. The van der Waals surface area contributed by atoms with Crippen molar-refractivity contribution in [3.63, 3.8) is 0 Å². The van der Waals surface area contributed by atoms with E-state index in [9.17, 15) is 0 Å². The Hall–Kier alpha value is -6.44. The lowest BCUT2D eigenvalue weighted by Gasteiger charge is -2.28. The fourth-order valence-electron chi connectivity index (χ4n) is 8.51. The molecule has 0 saturated heterocycles. The summed E-state index contributed by atoms with van der Waals surface area (Å²) < 4.78 is 41.7. The van der Waals surface area contributed by atoms with Gasteiger partial charge in [0.2, 0.25) is 0 Å². The Kier molecular flexibility index (Phi) is 6.14. The SMILES string of the molecule is [2H]c1c([2H])c([2H])c(-c2ccc(N(c3ccc(-c4ccccc4)cc3)c3ccc4c(c3)C(C)(C)c3cc(-c5cccc6c5Cc5ccccc5-6)ccc3-4)cc2)c([2H])c1[2H]. The van der Waals surface area contributed by atoms with Crippen LogP contribution in [0.5, 0.6) is 0 Å². The maximum atomic E-state index is 8.57. The van der Waals surface area contributed by atoms with Crippen molar-refractivity contribution < 1.29 is 6.85 Å². The predicted molar refractivity (Wildman–Crippen MR) is 223 cm³/mol. The zero-order valence-corrected chi connectivity index (χ0v) is 29.7. The zero-order valence-electron chi connectivity index (χ0n) is 34.7. The van der Waals surface area contributed by atoms with Gasteiger partial charge in [0.25, 0.3) is 0 Å². The molecule has 0 radical (unpaired) electrons. The van der Waals surface area contributed by atoms with Crippen molar-refractivity contribution in [2.75, 3.05) is 4.90 Å². The normalized spacial score (nSPS) is 14.5. The van der Waals surface area contributed by atoms with Gasteiger partial charge in [-0.25, -0.2) is 0 Å². The van der Waals surface area contributed by atoms with Crippen molar-refractivity contribution >= 4 is 17.1 Å². The van der Waals surface area contributed by atoms with E-state index in [1.807, 2.05) is 42.5 Å². The number of fused-ring (bicyclic) bond motifs is 6. The number of anilines is 3. The number of hydrogen-bond donors (Lipinski definition) is 0. The number of nitrogens with zero attached hydrogens (tertiary/aromatic N) is 1. The predicted octanol–water partition coefficient (Wildman–Crippen LogP) is 14.0. The van der Waals surface area contributed by atoms with E-state index in [1.54, 1.807) is 0 Å². The molecule has 0 saturated carbocycles. The summed E-state index contributed by atoms with van der Waals surface area (Å²) in [5.41, 5.74) is 18.6. The number of hydrogen-bond acceptors (Lipinski definition) is 1. The van der Waals surface area contributed by atoms with Crippen LogP contribution in [0, 0.1) is 0 Å². The molecule has 2 aliphatic rings. The van der Waals surface area contributed by atoms with Crippen LogP contribution in [0.2, 0.25) is 0 Å². The highest BCUT2D eigenvalue weighted by atomic mass is 15.1. The maximum Gasteiger partial charge on any atom is 0.0629 e. The molecule has 0 bridgehead atoms. The van der Waals surface area contributed by atoms with Crippen LogP contribution in [0.1, 0.15) is 43.0 Å². The highest BCUT2D eigenvalue weighted by molar-refractivity contribution is 5.90. The Balaban J connectivity index is 1.06. The summed E-state index contributed by atoms with van der Waals surface area (Å²) in [6.07, 6.45) is 0.942. The quantitative estimate of drug-likeness (QED) is 0.169. The molecule has 0 heterocycles. The third kappa shape index (κ3) is 5.23. The first kappa shape index (κ1) is 26.4. The average molecular weight is 683 g/mol. The van der Waals surface area contributed by atoms with Gasteiger partial charge < -0.3 is 4.90 Å². The third-order valence-electron chi connectivity index (χ3n) is 11.2. The molecule has 0 fully saturated rings. The second kappa shape index (κ2) is 12.4. The maximum absolute atomic E-state index is 8.57. The smallest absolute Gasteiger partial charge is 0.0629 e. The average Bonchev–Trinajstić information content (AvgIpc) is 3.75. The van der Waals surface area contributed by atoms with E-state index in [0.717, 1.165) is 34.6 Å². The van der Waals surface area contributed by atoms with Gasteiger partial charge in [0.15, 0.2) is 0 Å². The Morgan fingerprint density at radius 2 is 0.981 bits per heavy atom. The summed E-state index contributed by atoms with van der Waals surface area (Å²) in [7, 11) is 0. The summed E-state index contributed by atoms with van der Waals surface area (Å²) in [6.45, 7) is 4.65. The molecule has 53 heavy (non-hydrogen) atoms. The fourth-order valence-corrected chi connectivity index (χ4v) is 8.51. The van der Waals surface area contributed by atoms with Gasteiger partial charge >= 0.3 is 0 Å². The highest BCUT2D eigenvalue weighted by Crippen LogP contribution is 2.52. The molecule has 8 aromatic rings. The molecule has 1 nitrogen and oxygen atoms in total. The molecule has 1 heteroatoms. The highest BCUT2D eigenvalue weighted by Gasteiger charge is 2.36. The lowest BCUT2D eigenvalue weighted by Crippen LogP contribution is -2.16. The van der Waals surface area contributed by atoms with Gasteiger partial charge in [0.1, 0.15) is 0 Å². The topological polar surface area (TPSA) is 3.24 Å². The molecule has 252 valence electrons. The van der Waals surface area contributed by atoms with Crippen LogP contribution in [-0.2, 0) is 11.8 Å². The molecule has 0 atom stereocenters. The van der Waals surface area contributed by atoms with Crippen molar-refractivity contribution in [1.82, 2.24) is 0 Å². The summed E-state index contributed by atoms with van der Waals surface area (Å²) in [5.74, 6) is 0. The standard InChI is InChI=1S/C52H39N/c1-52(2)50-33-40(45-18-11-19-46-44-17-10-9-16-39(44)32-49(45)46)24-30-47(50)48-31-29-43(34-51(48)52)53(41-25-20-37(21-26-41)35-12-5-3-6-13-35)42-27-22-38(23-28-42)36-14-7-4-8-15-36/h3-31,33-34H,32H2,1-2H3/i3D,5D,6D,12D,13D. The van der Waals surface area contributed by atoms with Crippen LogP contribution in [-0.4, -0.2) is 0 Å². The summed E-state index contributed by atoms with van der Waals surface area (Å²) in [4.78, 5) is 2.23. The van der Waals surface area contributed by atoms with Crippen LogP contribution in [0.3, 0.4) is 0 Å². The summed E-state index contributed by atoms with van der Waals surface area (Å²) in [5, 5.41) is 0. The van der Waals surface area contributed by atoms with Crippen molar-refractivity contribution in [3.8, 4) is 55.6 Å².